The Morgan fingerprint density at radius 1 is 1.04 bits per heavy atom. The third-order valence-electron chi connectivity index (χ3n) is 3.44. The Bertz CT molecular complexity index is 911. The fourth-order valence-electron chi connectivity index (χ4n) is 2.15. The minimum absolute atomic E-state index is 0.203. The largest absolute Gasteiger partial charge is 0.478 e. The summed E-state index contributed by atoms with van der Waals surface area (Å²) in [6.07, 6.45) is 3.07. The molecule has 3 rings (SSSR count). The van der Waals surface area contributed by atoms with Crippen molar-refractivity contribution in [2.75, 3.05) is 16.4 Å². The molecule has 0 radical (unpaired) electrons. The molecule has 0 aliphatic heterocycles. The van der Waals surface area contributed by atoms with E-state index < -0.39 is 5.97 Å². The summed E-state index contributed by atoms with van der Waals surface area (Å²) in [6, 6.07) is 10.0. The van der Waals surface area contributed by atoms with E-state index in [9.17, 15) is 4.79 Å². The summed E-state index contributed by atoms with van der Waals surface area (Å²) in [5.74, 6) is 0.485. The fraction of sp³-hybridized carbons (Fsp3) is 0.0588. The molecule has 0 unspecified atom stereocenters. The molecular formula is C17H16N6O2. The third kappa shape index (κ3) is 3.81. The number of rotatable bonds is 5. The van der Waals surface area contributed by atoms with Gasteiger partial charge < -0.3 is 21.5 Å². The molecule has 3 aromatic rings. The van der Waals surface area contributed by atoms with Gasteiger partial charge in [0.05, 0.1) is 5.56 Å². The maximum absolute atomic E-state index is 10.9. The molecule has 5 N–H and O–H groups in total. The van der Waals surface area contributed by atoms with Crippen LogP contribution in [0.15, 0.2) is 48.9 Å². The number of aromatic carboxylic acids is 1. The predicted octanol–water partition coefficient (Wildman–Crippen LogP) is 2.95. The van der Waals surface area contributed by atoms with Gasteiger partial charge in [0, 0.05) is 11.9 Å². The molecule has 1 aromatic carbocycles. The molecule has 8 heteroatoms. The van der Waals surface area contributed by atoms with Crippen molar-refractivity contribution in [1.29, 1.82) is 0 Å². The lowest BCUT2D eigenvalue weighted by molar-refractivity contribution is 0.0697. The Kier molecular flexibility index (Phi) is 4.42. The maximum Gasteiger partial charge on any atom is 0.335 e. The number of benzene rings is 1. The van der Waals surface area contributed by atoms with Gasteiger partial charge in [-0.2, -0.15) is 0 Å². The van der Waals surface area contributed by atoms with Crippen LogP contribution in [0.25, 0.3) is 0 Å². The van der Waals surface area contributed by atoms with Crippen LogP contribution in [0.3, 0.4) is 0 Å². The molecule has 8 nitrogen and oxygen atoms in total. The normalized spacial score (nSPS) is 10.3. The molecule has 2 heterocycles. The number of hydrogen-bond donors (Lipinski definition) is 4. The standard InChI is InChI=1S/C17H16N6O2/c1-10-6-7-19-13(8-10)23-16-14(18)15(20-9-21-16)22-12-4-2-11(3-5-12)17(24)25/h2-9H,18H2,1H3,(H,24,25)(H2,19,20,21,22,23). The van der Waals surface area contributed by atoms with Crippen LogP contribution in [-0.2, 0) is 0 Å². The first-order chi connectivity index (χ1) is 12.0. The number of aryl methyl sites for hydroxylation is 1. The molecule has 0 atom stereocenters. The minimum Gasteiger partial charge on any atom is -0.478 e. The number of nitrogen functional groups attached to an aromatic ring is 1. The summed E-state index contributed by atoms with van der Waals surface area (Å²) in [7, 11) is 0. The van der Waals surface area contributed by atoms with Gasteiger partial charge in [0.25, 0.3) is 0 Å². The number of nitrogens with two attached hydrogens (primary N) is 1. The lowest BCUT2D eigenvalue weighted by Gasteiger charge is -2.12. The molecule has 0 bridgehead atoms. The second kappa shape index (κ2) is 6.83. The maximum atomic E-state index is 10.9. The fourth-order valence-corrected chi connectivity index (χ4v) is 2.15. The average molecular weight is 336 g/mol. The molecule has 126 valence electrons. The summed E-state index contributed by atoms with van der Waals surface area (Å²) in [5, 5.41) is 15.0. The second-order valence-electron chi connectivity index (χ2n) is 5.34. The molecule has 25 heavy (non-hydrogen) atoms. The number of aromatic nitrogens is 3. The molecule has 0 fully saturated rings. The van der Waals surface area contributed by atoms with Gasteiger partial charge in [-0.3, -0.25) is 0 Å². The lowest BCUT2D eigenvalue weighted by atomic mass is 10.2. The van der Waals surface area contributed by atoms with Crippen LogP contribution in [0.1, 0.15) is 15.9 Å². The summed E-state index contributed by atoms with van der Waals surface area (Å²) in [6.45, 7) is 1.96. The highest BCUT2D eigenvalue weighted by atomic mass is 16.4. The van der Waals surface area contributed by atoms with Crippen LogP contribution in [0.2, 0.25) is 0 Å². The van der Waals surface area contributed by atoms with Gasteiger partial charge >= 0.3 is 5.97 Å². The van der Waals surface area contributed by atoms with Gasteiger partial charge in [0.2, 0.25) is 0 Å². The van der Waals surface area contributed by atoms with E-state index in [1.807, 2.05) is 19.1 Å². The Morgan fingerprint density at radius 3 is 2.36 bits per heavy atom. The van der Waals surface area contributed by atoms with Crippen LogP contribution < -0.4 is 16.4 Å². The first kappa shape index (κ1) is 16.2. The highest BCUT2D eigenvalue weighted by Gasteiger charge is 2.10. The van der Waals surface area contributed by atoms with Gasteiger partial charge in [-0.1, -0.05) is 0 Å². The second-order valence-corrected chi connectivity index (χ2v) is 5.34. The number of nitrogens with zero attached hydrogens (tertiary/aromatic N) is 3. The smallest absolute Gasteiger partial charge is 0.335 e. The molecule has 2 aromatic heterocycles. The van der Waals surface area contributed by atoms with Gasteiger partial charge in [-0.25, -0.2) is 19.7 Å². The summed E-state index contributed by atoms with van der Waals surface area (Å²) >= 11 is 0. The van der Waals surface area contributed by atoms with E-state index >= 15 is 0 Å². The Morgan fingerprint density at radius 2 is 1.72 bits per heavy atom. The average Bonchev–Trinajstić information content (AvgIpc) is 2.59. The number of carboxylic acids is 1. The van der Waals surface area contributed by atoms with Crippen molar-refractivity contribution in [2.24, 2.45) is 0 Å². The quantitative estimate of drug-likeness (QED) is 0.560. The highest BCUT2D eigenvalue weighted by molar-refractivity contribution is 5.88. The molecule has 0 aliphatic carbocycles. The summed E-state index contributed by atoms with van der Waals surface area (Å²) in [4.78, 5) is 23.4. The number of nitrogens with one attached hydrogen (secondary N) is 2. The first-order valence-electron chi connectivity index (χ1n) is 7.43. The van der Waals surface area contributed by atoms with Crippen LogP contribution in [0.5, 0.6) is 0 Å². The number of pyridine rings is 1. The first-order valence-corrected chi connectivity index (χ1v) is 7.43. The summed E-state index contributed by atoms with van der Waals surface area (Å²) in [5.41, 5.74) is 8.37. The van der Waals surface area contributed by atoms with Crippen molar-refractivity contribution >= 4 is 34.8 Å². The monoisotopic (exact) mass is 336 g/mol. The SMILES string of the molecule is Cc1ccnc(Nc2ncnc(Nc3ccc(C(=O)O)cc3)c2N)c1. The minimum atomic E-state index is -0.981. The Balaban J connectivity index is 1.82. The zero-order valence-electron chi connectivity index (χ0n) is 13.4. The van der Waals surface area contributed by atoms with Gasteiger partial charge in [0.15, 0.2) is 11.6 Å². The van der Waals surface area contributed by atoms with Crippen LogP contribution >= 0.6 is 0 Å². The zero-order chi connectivity index (χ0) is 17.8. The van der Waals surface area contributed by atoms with Crippen molar-refractivity contribution in [2.45, 2.75) is 6.92 Å². The highest BCUT2D eigenvalue weighted by Crippen LogP contribution is 2.27. The van der Waals surface area contributed by atoms with E-state index in [2.05, 4.69) is 25.6 Å². The molecule has 0 saturated heterocycles. The zero-order valence-corrected chi connectivity index (χ0v) is 13.4. The van der Waals surface area contributed by atoms with Crippen LogP contribution in [-0.4, -0.2) is 26.0 Å². The van der Waals surface area contributed by atoms with Crippen molar-refractivity contribution in [3.8, 4) is 0 Å². The molecular weight excluding hydrogens is 320 g/mol. The van der Waals surface area contributed by atoms with Crippen molar-refractivity contribution in [3.05, 3.63) is 60.0 Å². The molecule has 0 amide bonds. The van der Waals surface area contributed by atoms with E-state index in [0.29, 0.717) is 28.8 Å². The van der Waals surface area contributed by atoms with E-state index in [1.165, 1.54) is 18.5 Å². The van der Waals surface area contributed by atoms with E-state index in [4.69, 9.17) is 10.8 Å². The Labute approximate surface area is 143 Å². The lowest BCUT2D eigenvalue weighted by Crippen LogP contribution is -2.06. The molecule has 0 saturated carbocycles. The van der Waals surface area contributed by atoms with Crippen LogP contribution in [0, 0.1) is 6.92 Å². The van der Waals surface area contributed by atoms with Crippen LogP contribution in [0.4, 0.5) is 28.8 Å². The number of anilines is 5. The van der Waals surface area contributed by atoms with Crippen molar-refractivity contribution in [3.63, 3.8) is 0 Å². The van der Waals surface area contributed by atoms with Crippen molar-refractivity contribution < 1.29 is 9.90 Å². The number of hydrogen-bond acceptors (Lipinski definition) is 7. The van der Waals surface area contributed by atoms with Crippen molar-refractivity contribution in [1.82, 2.24) is 15.0 Å². The van der Waals surface area contributed by atoms with E-state index in [1.54, 1.807) is 18.3 Å². The predicted molar refractivity (Wildman–Crippen MR) is 95.4 cm³/mol. The van der Waals surface area contributed by atoms with E-state index in [-0.39, 0.29) is 5.56 Å². The topological polar surface area (TPSA) is 126 Å². The van der Waals surface area contributed by atoms with E-state index in [0.717, 1.165) is 5.56 Å². The van der Waals surface area contributed by atoms with Gasteiger partial charge in [-0.15, -0.1) is 0 Å². The van der Waals surface area contributed by atoms with Gasteiger partial charge in [0.1, 0.15) is 17.8 Å². The Hall–Kier alpha value is -3.68. The molecule has 0 spiro atoms. The third-order valence-corrected chi connectivity index (χ3v) is 3.44. The van der Waals surface area contributed by atoms with Gasteiger partial charge in [-0.05, 0) is 48.9 Å². The number of carbonyl (C=O) groups is 1. The molecule has 0 aliphatic rings. The number of carboxylic acid groups (broad SMARTS) is 1. The summed E-state index contributed by atoms with van der Waals surface area (Å²) < 4.78 is 0.